The number of rotatable bonds is 10. The van der Waals surface area contributed by atoms with Gasteiger partial charge in [-0.2, -0.15) is 13.2 Å². The predicted molar refractivity (Wildman–Crippen MR) is 134 cm³/mol. The zero-order valence-corrected chi connectivity index (χ0v) is 20.9. The molecule has 4 N–H and O–H groups in total. The molecule has 0 aliphatic carbocycles. The number of carboxylic acid groups (broad SMARTS) is 1. The number of pyridine rings is 1. The molecule has 1 fully saturated rings. The Morgan fingerprint density at radius 2 is 2.11 bits per heavy atom. The van der Waals surface area contributed by atoms with Gasteiger partial charge < -0.3 is 26.0 Å². The van der Waals surface area contributed by atoms with Gasteiger partial charge in [-0.25, -0.2) is 19.7 Å². The van der Waals surface area contributed by atoms with Crippen molar-refractivity contribution < 1.29 is 27.9 Å². The van der Waals surface area contributed by atoms with Crippen LogP contribution in [-0.2, 0) is 28.6 Å². The van der Waals surface area contributed by atoms with Crippen LogP contribution < -0.4 is 16.0 Å². The van der Waals surface area contributed by atoms with Crippen LogP contribution in [0.2, 0.25) is 0 Å². The van der Waals surface area contributed by atoms with Crippen LogP contribution >= 0.6 is 0 Å². The van der Waals surface area contributed by atoms with Crippen molar-refractivity contribution in [1.82, 2.24) is 25.2 Å². The maximum Gasteiger partial charge on any atom is 0.421 e. The third-order valence-corrected chi connectivity index (χ3v) is 6.84. The van der Waals surface area contributed by atoms with E-state index in [4.69, 9.17) is 4.98 Å². The summed E-state index contributed by atoms with van der Waals surface area (Å²) >= 11 is 0. The molecule has 0 radical (unpaired) electrons. The van der Waals surface area contributed by atoms with E-state index >= 15 is 0 Å². The number of hydrogen-bond acceptors (Lipinski definition) is 8. The molecule has 4 heterocycles. The van der Waals surface area contributed by atoms with E-state index in [-0.39, 0.29) is 18.4 Å². The third kappa shape index (κ3) is 7.30. The fraction of sp³-hybridized carbons (Fsp3) is 0.560. The minimum absolute atomic E-state index is 0.316. The number of carbonyl (C=O) groups excluding carboxylic acids is 1. The number of aryl methyl sites for hydroxylation is 2. The number of anilines is 2. The molecule has 10 nitrogen and oxygen atoms in total. The van der Waals surface area contributed by atoms with Crippen LogP contribution in [0.4, 0.5) is 24.8 Å². The van der Waals surface area contributed by atoms with E-state index in [1.165, 1.54) is 5.56 Å². The average molecular weight is 536 g/mol. The number of hydrogen-bond donors (Lipinski definition) is 4. The molecule has 2 aromatic rings. The highest BCUT2D eigenvalue weighted by atomic mass is 19.4. The Balaban J connectivity index is 1.25. The molecule has 2 aliphatic rings. The zero-order valence-electron chi connectivity index (χ0n) is 20.9. The van der Waals surface area contributed by atoms with Gasteiger partial charge in [0, 0.05) is 31.5 Å². The summed E-state index contributed by atoms with van der Waals surface area (Å²) in [5.74, 6) is -1.72. The second-order valence-corrected chi connectivity index (χ2v) is 9.65. The summed E-state index contributed by atoms with van der Waals surface area (Å²) in [6, 6.07) is 2.72. The number of carboxylic acids is 1. The Morgan fingerprint density at radius 3 is 2.89 bits per heavy atom. The molecule has 13 heteroatoms. The molecule has 0 spiro atoms. The van der Waals surface area contributed by atoms with Crippen LogP contribution in [-0.4, -0.2) is 75.6 Å². The summed E-state index contributed by atoms with van der Waals surface area (Å²) in [5.41, 5.74) is 1.11. The number of aliphatic carboxylic acids is 1. The molecule has 2 atom stereocenters. The Labute approximate surface area is 218 Å². The van der Waals surface area contributed by atoms with Gasteiger partial charge in [0.05, 0.1) is 5.92 Å². The minimum atomic E-state index is -4.76. The Hall–Kier alpha value is -3.48. The van der Waals surface area contributed by atoms with Gasteiger partial charge in [0.1, 0.15) is 29.6 Å². The molecule has 2 aliphatic heterocycles. The molecule has 4 rings (SSSR count). The Bertz CT molecular complexity index is 1130. The summed E-state index contributed by atoms with van der Waals surface area (Å²) in [6.07, 6.45) is 2.09. The number of alkyl halides is 3. The largest absolute Gasteiger partial charge is 0.480 e. The number of nitrogens with one attached hydrogen (secondary N) is 3. The first-order chi connectivity index (χ1) is 18.2. The van der Waals surface area contributed by atoms with E-state index in [0.29, 0.717) is 19.2 Å². The topological polar surface area (TPSA) is 132 Å². The molecule has 0 unspecified atom stereocenters. The van der Waals surface area contributed by atoms with Gasteiger partial charge in [0.25, 0.3) is 0 Å². The van der Waals surface area contributed by atoms with Gasteiger partial charge in [0.2, 0.25) is 5.91 Å². The van der Waals surface area contributed by atoms with Crippen LogP contribution in [0.3, 0.4) is 0 Å². The lowest BCUT2D eigenvalue weighted by Crippen LogP contribution is -2.47. The van der Waals surface area contributed by atoms with Crippen molar-refractivity contribution in [2.24, 2.45) is 5.92 Å². The van der Waals surface area contributed by atoms with Crippen molar-refractivity contribution >= 4 is 23.5 Å². The lowest BCUT2D eigenvalue weighted by molar-refractivity contribution is -0.139. The number of carbonyl (C=O) groups is 2. The highest BCUT2D eigenvalue weighted by Gasteiger charge is 2.36. The van der Waals surface area contributed by atoms with Crippen molar-refractivity contribution in [3.05, 3.63) is 41.5 Å². The van der Waals surface area contributed by atoms with Crippen molar-refractivity contribution in [3.63, 3.8) is 0 Å². The second kappa shape index (κ2) is 12.4. The van der Waals surface area contributed by atoms with E-state index in [1.54, 1.807) is 0 Å². The number of likely N-dealkylation sites (tertiary alicyclic amines) is 1. The van der Waals surface area contributed by atoms with E-state index in [1.807, 2.05) is 0 Å². The van der Waals surface area contributed by atoms with Crippen molar-refractivity contribution in [2.45, 2.75) is 50.7 Å². The normalized spacial score (nSPS) is 18.7. The summed E-state index contributed by atoms with van der Waals surface area (Å²) in [4.78, 5) is 38.3. The molecule has 2 aromatic heterocycles. The van der Waals surface area contributed by atoms with Crippen LogP contribution in [0.1, 0.15) is 42.5 Å². The van der Waals surface area contributed by atoms with Crippen molar-refractivity contribution in [1.29, 1.82) is 0 Å². The second-order valence-electron chi connectivity index (χ2n) is 9.65. The molecule has 1 saturated heterocycles. The third-order valence-electron chi connectivity index (χ3n) is 6.84. The highest BCUT2D eigenvalue weighted by molar-refractivity contribution is 5.82. The van der Waals surface area contributed by atoms with Gasteiger partial charge in [0.15, 0.2) is 0 Å². The fourth-order valence-electron chi connectivity index (χ4n) is 4.83. The van der Waals surface area contributed by atoms with Gasteiger partial charge in [-0.3, -0.25) is 4.79 Å². The smallest absolute Gasteiger partial charge is 0.421 e. The molecule has 0 bridgehead atoms. The summed E-state index contributed by atoms with van der Waals surface area (Å²) in [7, 11) is 0. The molecule has 0 aromatic carbocycles. The Morgan fingerprint density at radius 1 is 1.26 bits per heavy atom. The average Bonchev–Trinajstić information content (AvgIpc) is 2.90. The maximum atomic E-state index is 13.2. The highest BCUT2D eigenvalue weighted by Crippen LogP contribution is 2.33. The maximum absolute atomic E-state index is 13.2. The molecule has 206 valence electrons. The van der Waals surface area contributed by atoms with Gasteiger partial charge in [-0.15, -0.1) is 0 Å². The van der Waals surface area contributed by atoms with E-state index in [0.717, 1.165) is 69.6 Å². The van der Waals surface area contributed by atoms with Crippen molar-refractivity contribution in [2.75, 3.05) is 43.4 Å². The monoisotopic (exact) mass is 535 g/mol. The number of amides is 1. The molecular weight excluding hydrogens is 503 g/mol. The fourth-order valence-corrected chi connectivity index (χ4v) is 4.83. The number of fused-ring (bicyclic) bond motifs is 1. The number of aromatic nitrogens is 3. The Kier molecular flexibility index (Phi) is 8.97. The standard InChI is InChI=1S/C25H32F3N7O3/c26-25(27,28)19-12-29-15-32-22(19)34-20(24(37)38)13-31-23(36)17-5-2-10-35(14-17)11-3-6-18-8-7-16-4-1-9-30-21(16)33-18/h7-8,12,15,17,20H,1-6,9-11,13-14H2,(H,30,33)(H,31,36)(H,37,38)(H,29,32,34)/t17-,20+/m1/s1. The number of nitrogens with zero attached hydrogens (tertiary/aromatic N) is 4. The zero-order chi connectivity index (χ0) is 27.1. The lowest BCUT2D eigenvalue weighted by atomic mass is 9.96. The van der Waals surface area contributed by atoms with E-state index < -0.39 is 29.6 Å². The predicted octanol–water partition coefficient (Wildman–Crippen LogP) is 2.57. The van der Waals surface area contributed by atoms with Crippen molar-refractivity contribution in [3.8, 4) is 0 Å². The van der Waals surface area contributed by atoms with Crippen LogP contribution in [0.5, 0.6) is 0 Å². The summed E-state index contributed by atoms with van der Waals surface area (Å²) in [5, 5.41) is 17.7. The van der Waals surface area contributed by atoms with Crippen LogP contribution in [0.25, 0.3) is 0 Å². The first-order valence-electron chi connectivity index (χ1n) is 12.8. The molecular formula is C25H32F3N7O3. The van der Waals surface area contributed by atoms with Crippen LogP contribution in [0.15, 0.2) is 24.7 Å². The molecule has 0 saturated carbocycles. The minimum Gasteiger partial charge on any atom is -0.480 e. The van der Waals surface area contributed by atoms with Crippen LogP contribution in [0, 0.1) is 5.92 Å². The number of halogens is 3. The van der Waals surface area contributed by atoms with Gasteiger partial charge in [-0.05, 0) is 63.2 Å². The SMILES string of the molecule is O=C(NC[C@H](Nc1ncncc1C(F)(F)F)C(=O)O)[C@@H]1CCCN(CCCc2ccc3c(n2)NCCC3)C1. The van der Waals surface area contributed by atoms with E-state index in [2.05, 4.69) is 43.0 Å². The number of piperidine rings is 1. The summed E-state index contributed by atoms with van der Waals surface area (Å²) in [6.45, 7) is 2.78. The first-order valence-corrected chi connectivity index (χ1v) is 12.8. The van der Waals surface area contributed by atoms with Gasteiger partial charge in [-0.1, -0.05) is 6.07 Å². The quantitative estimate of drug-likeness (QED) is 0.362. The van der Waals surface area contributed by atoms with E-state index in [9.17, 15) is 27.9 Å². The first kappa shape index (κ1) is 27.6. The molecule has 38 heavy (non-hydrogen) atoms. The molecule has 1 amide bonds. The lowest BCUT2D eigenvalue weighted by Gasteiger charge is -2.32. The summed E-state index contributed by atoms with van der Waals surface area (Å²) < 4.78 is 39.6. The van der Waals surface area contributed by atoms with Gasteiger partial charge >= 0.3 is 12.1 Å².